The molecule has 0 aliphatic rings. The number of esters is 1. The zero-order valence-electron chi connectivity index (χ0n) is 13.9. The summed E-state index contributed by atoms with van der Waals surface area (Å²) in [6, 6.07) is 9.15. The molecule has 134 valence electrons. The van der Waals surface area contributed by atoms with Crippen molar-refractivity contribution in [3.63, 3.8) is 0 Å². The molecule has 1 amide bonds. The highest BCUT2D eigenvalue weighted by molar-refractivity contribution is 7.94. The molecule has 2 aromatic rings. The van der Waals surface area contributed by atoms with Gasteiger partial charge in [0, 0.05) is 14.1 Å². The number of ether oxygens (including phenoxy) is 1. The summed E-state index contributed by atoms with van der Waals surface area (Å²) in [6.07, 6.45) is -0.982. The van der Waals surface area contributed by atoms with Gasteiger partial charge >= 0.3 is 5.97 Å². The van der Waals surface area contributed by atoms with E-state index in [4.69, 9.17) is 4.74 Å². The summed E-state index contributed by atoms with van der Waals surface area (Å²) in [5, 5.41) is 1.64. The maximum absolute atomic E-state index is 12.4. The Kier molecular flexibility index (Phi) is 5.81. The first-order valence-electron chi connectivity index (χ1n) is 7.30. The normalized spacial score (nSPS) is 12.3. The summed E-state index contributed by atoms with van der Waals surface area (Å²) >= 11 is 1.06. The number of sulfonamides is 1. The van der Waals surface area contributed by atoms with Crippen molar-refractivity contribution in [3.8, 4) is 0 Å². The van der Waals surface area contributed by atoms with E-state index >= 15 is 0 Å². The third-order valence-electron chi connectivity index (χ3n) is 3.22. The number of hydrogen-bond acceptors (Lipinski definition) is 6. The van der Waals surface area contributed by atoms with Crippen LogP contribution < -0.4 is 4.72 Å². The van der Waals surface area contributed by atoms with Crippen LogP contribution in [0.5, 0.6) is 0 Å². The zero-order valence-corrected chi connectivity index (χ0v) is 15.6. The van der Waals surface area contributed by atoms with E-state index in [2.05, 4.69) is 4.72 Å². The molecule has 0 spiro atoms. The third kappa shape index (κ3) is 4.58. The molecule has 0 bridgehead atoms. The minimum Gasteiger partial charge on any atom is -0.449 e. The minimum absolute atomic E-state index is 0.0287. The molecule has 1 heterocycles. The monoisotopic (exact) mass is 382 g/mol. The second-order valence-corrected chi connectivity index (χ2v) is 8.22. The molecule has 0 aliphatic heterocycles. The predicted octanol–water partition coefficient (Wildman–Crippen LogP) is 2.18. The number of amides is 1. The molecular formula is C16H18N2O5S2. The number of thiophene rings is 1. The summed E-state index contributed by atoms with van der Waals surface area (Å²) in [4.78, 5) is 25.5. The molecule has 1 aromatic carbocycles. The Bertz CT molecular complexity index is 860. The van der Waals surface area contributed by atoms with Gasteiger partial charge in [-0.15, -0.1) is 11.3 Å². The molecule has 1 atom stereocenters. The molecule has 0 aliphatic carbocycles. The highest BCUT2D eigenvalue weighted by atomic mass is 32.2. The number of anilines is 1. The number of hydrogen-bond donors (Lipinski definition) is 1. The van der Waals surface area contributed by atoms with Gasteiger partial charge in [0.15, 0.2) is 6.10 Å². The average Bonchev–Trinajstić information content (AvgIpc) is 3.09. The molecule has 9 heteroatoms. The standard InChI is InChI=1S/C16H18N2O5S2/c1-11(15(19)18(2)3)23-16(20)12-7-4-5-8-13(12)17-25(21,22)14-9-6-10-24-14/h4-11,17H,1-3H3/t11-/m1/s1. The molecular weight excluding hydrogens is 364 g/mol. The molecule has 7 nitrogen and oxygen atoms in total. The van der Waals surface area contributed by atoms with Crippen LogP contribution in [0.1, 0.15) is 17.3 Å². The van der Waals surface area contributed by atoms with Crippen molar-refractivity contribution < 1.29 is 22.7 Å². The van der Waals surface area contributed by atoms with E-state index < -0.39 is 22.1 Å². The van der Waals surface area contributed by atoms with E-state index in [0.717, 1.165) is 11.3 Å². The molecule has 25 heavy (non-hydrogen) atoms. The fraction of sp³-hybridized carbons (Fsp3) is 0.250. The number of carbonyl (C=O) groups excluding carboxylic acids is 2. The van der Waals surface area contributed by atoms with Gasteiger partial charge in [-0.1, -0.05) is 18.2 Å². The number of likely N-dealkylation sites (N-methyl/N-ethyl adjacent to an activating group) is 1. The first kappa shape index (κ1) is 18.9. The van der Waals surface area contributed by atoms with Crippen molar-refractivity contribution in [2.75, 3.05) is 18.8 Å². The summed E-state index contributed by atoms with van der Waals surface area (Å²) in [5.41, 5.74) is 0.117. The van der Waals surface area contributed by atoms with Gasteiger partial charge in [0.2, 0.25) is 0 Å². The van der Waals surface area contributed by atoms with E-state index in [0.29, 0.717) is 0 Å². The lowest BCUT2D eigenvalue weighted by atomic mass is 10.2. The molecule has 1 aromatic heterocycles. The maximum atomic E-state index is 12.4. The molecule has 0 unspecified atom stereocenters. The Morgan fingerprint density at radius 3 is 2.44 bits per heavy atom. The molecule has 0 fully saturated rings. The second kappa shape index (κ2) is 7.66. The van der Waals surface area contributed by atoms with Gasteiger partial charge in [0.05, 0.1) is 11.3 Å². The number of nitrogens with one attached hydrogen (secondary N) is 1. The SMILES string of the molecule is C[C@@H](OC(=O)c1ccccc1NS(=O)(=O)c1cccs1)C(=O)N(C)C. The maximum Gasteiger partial charge on any atom is 0.341 e. The summed E-state index contributed by atoms with van der Waals surface area (Å²) in [6.45, 7) is 1.46. The largest absolute Gasteiger partial charge is 0.449 e. The number of rotatable bonds is 6. The Morgan fingerprint density at radius 2 is 1.84 bits per heavy atom. The topological polar surface area (TPSA) is 92.8 Å². The summed E-state index contributed by atoms with van der Waals surface area (Å²) in [7, 11) is -0.696. The van der Waals surface area contributed by atoms with E-state index in [-0.39, 0.29) is 21.4 Å². The van der Waals surface area contributed by atoms with Gasteiger partial charge in [-0.05, 0) is 30.5 Å². The number of benzene rings is 1. The second-order valence-electron chi connectivity index (χ2n) is 5.36. The summed E-state index contributed by atoms with van der Waals surface area (Å²) in [5.74, 6) is -1.16. The average molecular weight is 382 g/mol. The Morgan fingerprint density at radius 1 is 1.16 bits per heavy atom. The molecule has 1 N–H and O–H groups in total. The van der Waals surface area contributed by atoms with Gasteiger partial charge < -0.3 is 9.64 Å². The minimum atomic E-state index is -3.80. The van der Waals surface area contributed by atoms with Crippen LogP contribution in [0.15, 0.2) is 46.0 Å². The van der Waals surface area contributed by atoms with Gasteiger partial charge in [-0.2, -0.15) is 0 Å². The number of nitrogens with zero attached hydrogens (tertiary/aromatic N) is 1. The Labute approximate surface area is 150 Å². The van der Waals surface area contributed by atoms with Crippen molar-refractivity contribution >= 4 is 38.9 Å². The van der Waals surface area contributed by atoms with Crippen LogP contribution in [0, 0.1) is 0 Å². The van der Waals surface area contributed by atoms with Crippen LogP contribution in [-0.4, -0.2) is 45.4 Å². The van der Waals surface area contributed by atoms with Crippen LogP contribution in [0.2, 0.25) is 0 Å². The molecule has 0 saturated heterocycles. The number of para-hydroxylation sites is 1. The van der Waals surface area contributed by atoms with Crippen molar-refractivity contribution in [2.24, 2.45) is 0 Å². The first-order chi connectivity index (χ1) is 11.7. The fourth-order valence-corrected chi connectivity index (χ4v) is 4.07. The fourth-order valence-electron chi connectivity index (χ4n) is 2.00. The lowest BCUT2D eigenvalue weighted by Gasteiger charge is -2.18. The van der Waals surface area contributed by atoms with E-state index in [9.17, 15) is 18.0 Å². The van der Waals surface area contributed by atoms with Crippen molar-refractivity contribution in [2.45, 2.75) is 17.2 Å². The van der Waals surface area contributed by atoms with Crippen LogP contribution in [0.4, 0.5) is 5.69 Å². The summed E-state index contributed by atoms with van der Waals surface area (Å²) < 4.78 is 32.3. The molecule has 0 radical (unpaired) electrons. The lowest BCUT2D eigenvalue weighted by Crippen LogP contribution is -2.35. The van der Waals surface area contributed by atoms with Crippen LogP contribution in [-0.2, 0) is 19.6 Å². The van der Waals surface area contributed by atoms with E-state index in [1.54, 1.807) is 37.7 Å². The Hall–Kier alpha value is -2.39. The lowest BCUT2D eigenvalue weighted by molar-refractivity contribution is -0.137. The smallest absolute Gasteiger partial charge is 0.341 e. The highest BCUT2D eigenvalue weighted by Crippen LogP contribution is 2.23. The van der Waals surface area contributed by atoms with Gasteiger partial charge in [-0.25, -0.2) is 13.2 Å². The predicted molar refractivity (Wildman–Crippen MR) is 95.1 cm³/mol. The Balaban J connectivity index is 2.23. The highest BCUT2D eigenvalue weighted by Gasteiger charge is 2.24. The first-order valence-corrected chi connectivity index (χ1v) is 9.66. The van der Waals surface area contributed by atoms with Crippen molar-refractivity contribution in [1.82, 2.24) is 4.90 Å². The van der Waals surface area contributed by atoms with Crippen LogP contribution in [0.3, 0.4) is 0 Å². The van der Waals surface area contributed by atoms with Crippen LogP contribution >= 0.6 is 11.3 Å². The van der Waals surface area contributed by atoms with E-state index in [1.807, 2.05) is 0 Å². The molecule has 0 saturated carbocycles. The third-order valence-corrected chi connectivity index (χ3v) is 5.99. The van der Waals surface area contributed by atoms with Crippen molar-refractivity contribution in [3.05, 3.63) is 47.3 Å². The van der Waals surface area contributed by atoms with Gasteiger partial charge in [0.1, 0.15) is 4.21 Å². The quantitative estimate of drug-likeness (QED) is 0.773. The zero-order chi connectivity index (χ0) is 18.6. The van der Waals surface area contributed by atoms with Gasteiger partial charge in [0.25, 0.3) is 15.9 Å². The van der Waals surface area contributed by atoms with E-state index in [1.165, 1.54) is 30.0 Å². The van der Waals surface area contributed by atoms with Crippen LogP contribution in [0.25, 0.3) is 0 Å². The molecule has 2 rings (SSSR count). The number of carbonyl (C=O) groups is 2. The van der Waals surface area contributed by atoms with Crippen molar-refractivity contribution in [1.29, 1.82) is 0 Å². The van der Waals surface area contributed by atoms with Gasteiger partial charge in [-0.3, -0.25) is 9.52 Å².